The molecular weight excluding hydrogens is 302 g/mol. The second-order valence-corrected chi connectivity index (χ2v) is 9.65. The van der Waals surface area contributed by atoms with Crippen LogP contribution in [0.25, 0.3) is 0 Å². The van der Waals surface area contributed by atoms with Gasteiger partial charge in [-0.15, -0.1) is 0 Å². The van der Waals surface area contributed by atoms with Crippen molar-refractivity contribution in [3.8, 4) is 0 Å². The fraction of sp³-hybridized carbons (Fsp3) is 0.895. The Bertz CT molecular complexity index is 589. The fourth-order valence-corrected chi connectivity index (χ4v) is 7.33. The maximum Gasteiger partial charge on any atom is 0.240 e. The largest absolute Gasteiger partial charge is 0.351 e. The van der Waals surface area contributed by atoms with E-state index >= 15 is 0 Å². The zero-order valence-electron chi connectivity index (χ0n) is 14.6. The summed E-state index contributed by atoms with van der Waals surface area (Å²) in [6, 6.07) is 0.109. The molecule has 5 aliphatic carbocycles. The summed E-state index contributed by atoms with van der Waals surface area (Å²) in [5.41, 5.74) is 6.48. The number of fused-ring (bicyclic) bond motifs is 1. The van der Waals surface area contributed by atoms with Gasteiger partial charge in [-0.3, -0.25) is 9.59 Å². The van der Waals surface area contributed by atoms with Crippen molar-refractivity contribution in [2.24, 2.45) is 28.9 Å². The number of nitrogens with two attached hydrogens (primary N) is 1. The molecule has 6 fully saturated rings. The first-order valence-electron chi connectivity index (χ1n) is 9.75. The molecule has 0 aromatic rings. The molecule has 24 heavy (non-hydrogen) atoms. The average molecular weight is 331 g/mol. The molecule has 2 amide bonds. The number of likely N-dealkylation sites (tertiary alicyclic amines) is 1. The van der Waals surface area contributed by atoms with E-state index < -0.39 is 0 Å². The molecule has 132 valence electrons. The summed E-state index contributed by atoms with van der Waals surface area (Å²) in [5, 5.41) is 3.27. The minimum atomic E-state index is -0.379. The van der Waals surface area contributed by atoms with E-state index in [4.69, 9.17) is 5.73 Å². The first kappa shape index (κ1) is 15.2. The lowest BCUT2D eigenvalue weighted by Crippen LogP contribution is -2.68. The Kier molecular flexibility index (Phi) is 3.00. The van der Waals surface area contributed by atoms with Crippen molar-refractivity contribution < 1.29 is 9.59 Å². The predicted molar refractivity (Wildman–Crippen MR) is 89.9 cm³/mol. The summed E-state index contributed by atoms with van der Waals surface area (Å²) in [6.45, 7) is 2.52. The number of carbonyl (C=O) groups excluding carboxylic acids is 2. The molecule has 5 nitrogen and oxygen atoms in total. The van der Waals surface area contributed by atoms with Crippen LogP contribution in [-0.4, -0.2) is 40.9 Å². The molecule has 3 N–H and O–H groups in total. The van der Waals surface area contributed by atoms with Crippen LogP contribution in [0.4, 0.5) is 0 Å². The number of rotatable bonds is 3. The van der Waals surface area contributed by atoms with E-state index in [1.807, 2.05) is 0 Å². The second-order valence-electron chi connectivity index (χ2n) is 9.65. The van der Waals surface area contributed by atoms with E-state index in [0.29, 0.717) is 17.9 Å². The van der Waals surface area contributed by atoms with Gasteiger partial charge in [0.05, 0.1) is 6.04 Å². The molecule has 6 aliphatic rings. The molecular formula is C19H29N3O2. The van der Waals surface area contributed by atoms with Crippen LogP contribution in [0.15, 0.2) is 0 Å². The Balaban J connectivity index is 1.41. The lowest BCUT2D eigenvalue weighted by molar-refractivity contribution is -0.147. The summed E-state index contributed by atoms with van der Waals surface area (Å²) in [4.78, 5) is 27.0. The lowest BCUT2D eigenvalue weighted by atomic mass is 9.45. The molecule has 0 aromatic heterocycles. The van der Waals surface area contributed by atoms with Gasteiger partial charge in [-0.2, -0.15) is 0 Å². The van der Waals surface area contributed by atoms with Crippen LogP contribution in [0.5, 0.6) is 0 Å². The van der Waals surface area contributed by atoms with Gasteiger partial charge in [0.1, 0.15) is 0 Å². The van der Waals surface area contributed by atoms with Crippen molar-refractivity contribution in [3.63, 3.8) is 0 Å². The van der Waals surface area contributed by atoms with Crippen LogP contribution >= 0.6 is 0 Å². The number of hydrogen-bond donors (Lipinski definition) is 2. The number of amides is 2. The van der Waals surface area contributed by atoms with Crippen molar-refractivity contribution in [1.29, 1.82) is 0 Å². The first-order chi connectivity index (χ1) is 11.4. The van der Waals surface area contributed by atoms with Crippen molar-refractivity contribution in [2.45, 2.75) is 75.9 Å². The van der Waals surface area contributed by atoms with E-state index in [0.717, 1.165) is 51.0 Å². The van der Waals surface area contributed by atoms with Crippen molar-refractivity contribution in [1.82, 2.24) is 10.2 Å². The summed E-state index contributed by atoms with van der Waals surface area (Å²) >= 11 is 0. The van der Waals surface area contributed by atoms with E-state index in [-0.39, 0.29) is 28.8 Å². The molecule has 5 atom stereocenters. The molecule has 1 heterocycles. The average Bonchev–Trinajstić information content (AvgIpc) is 3.13. The second kappa shape index (κ2) is 4.75. The fourth-order valence-electron chi connectivity index (χ4n) is 7.33. The standard InChI is InChI=1S/C19H29N3O2/c1-11(23)21-19-8-12-4-13(9-19)7-18(6-12,10-19)16(20)17(24)22-3-2-14-5-15(14)22/h12-16H,2-10,20H2,1H3,(H,21,23)/t12?,13?,14-,15?,16-,18?,19?/m1/s1. The summed E-state index contributed by atoms with van der Waals surface area (Å²) in [6.07, 6.45) is 8.85. The third kappa shape index (κ3) is 2.09. The Hall–Kier alpha value is -1.10. The number of piperidine rings is 1. The zero-order valence-corrected chi connectivity index (χ0v) is 14.6. The Morgan fingerprint density at radius 1 is 1.17 bits per heavy atom. The summed E-state index contributed by atoms with van der Waals surface area (Å²) in [5.74, 6) is 2.27. The van der Waals surface area contributed by atoms with Crippen LogP contribution in [0.2, 0.25) is 0 Å². The normalized spacial score (nSPS) is 49.0. The quantitative estimate of drug-likeness (QED) is 0.821. The highest BCUT2D eigenvalue weighted by Crippen LogP contribution is 2.63. The lowest BCUT2D eigenvalue weighted by Gasteiger charge is -2.63. The topological polar surface area (TPSA) is 75.4 Å². The first-order valence-corrected chi connectivity index (χ1v) is 9.75. The predicted octanol–water partition coefficient (Wildman–Crippen LogP) is 1.41. The van der Waals surface area contributed by atoms with Gasteiger partial charge in [0.15, 0.2) is 0 Å². The van der Waals surface area contributed by atoms with Crippen LogP contribution in [0.1, 0.15) is 58.3 Å². The van der Waals surface area contributed by atoms with Gasteiger partial charge in [0.25, 0.3) is 0 Å². The van der Waals surface area contributed by atoms with E-state index in [2.05, 4.69) is 10.2 Å². The Morgan fingerprint density at radius 2 is 1.88 bits per heavy atom. The zero-order chi connectivity index (χ0) is 16.7. The highest BCUT2D eigenvalue weighted by molar-refractivity contribution is 5.84. The molecule has 6 rings (SSSR count). The highest BCUT2D eigenvalue weighted by Gasteiger charge is 2.62. The number of hydrogen-bond acceptors (Lipinski definition) is 3. The van der Waals surface area contributed by atoms with Gasteiger partial charge in [0, 0.05) is 25.0 Å². The van der Waals surface area contributed by atoms with Crippen LogP contribution < -0.4 is 11.1 Å². The molecule has 0 aromatic carbocycles. The van der Waals surface area contributed by atoms with Gasteiger partial charge in [0.2, 0.25) is 11.8 Å². The number of nitrogens with one attached hydrogen (secondary N) is 1. The summed E-state index contributed by atoms with van der Waals surface area (Å²) < 4.78 is 0. The number of carbonyl (C=O) groups is 2. The Labute approximate surface area is 143 Å². The van der Waals surface area contributed by atoms with Gasteiger partial charge < -0.3 is 16.0 Å². The van der Waals surface area contributed by atoms with Gasteiger partial charge in [-0.1, -0.05) is 0 Å². The minimum absolute atomic E-state index is 0.0624. The maximum atomic E-state index is 13.1. The molecule has 0 spiro atoms. The molecule has 1 saturated heterocycles. The van der Waals surface area contributed by atoms with E-state index in [1.54, 1.807) is 6.92 Å². The molecule has 4 bridgehead atoms. The molecule has 3 unspecified atom stereocenters. The summed E-state index contributed by atoms with van der Waals surface area (Å²) in [7, 11) is 0. The third-order valence-corrected chi connectivity index (χ3v) is 7.78. The Morgan fingerprint density at radius 3 is 2.42 bits per heavy atom. The highest BCUT2D eigenvalue weighted by atomic mass is 16.2. The molecule has 0 radical (unpaired) electrons. The van der Waals surface area contributed by atoms with Crippen molar-refractivity contribution >= 4 is 11.8 Å². The van der Waals surface area contributed by atoms with Crippen molar-refractivity contribution in [3.05, 3.63) is 0 Å². The van der Waals surface area contributed by atoms with Gasteiger partial charge in [-0.05, 0) is 74.5 Å². The molecule has 5 saturated carbocycles. The van der Waals surface area contributed by atoms with Gasteiger partial charge >= 0.3 is 0 Å². The van der Waals surface area contributed by atoms with Crippen LogP contribution in [-0.2, 0) is 9.59 Å². The molecule has 5 heteroatoms. The third-order valence-electron chi connectivity index (χ3n) is 7.78. The monoisotopic (exact) mass is 331 g/mol. The van der Waals surface area contributed by atoms with Crippen LogP contribution in [0.3, 0.4) is 0 Å². The smallest absolute Gasteiger partial charge is 0.240 e. The van der Waals surface area contributed by atoms with Gasteiger partial charge in [-0.25, -0.2) is 0 Å². The molecule has 1 aliphatic heterocycles. The number of nitrogens with zero attached hydrogens (tertiary/aromatic N) is 1. The van der Waals surface area contributed by atoms with E-state index in [1.165, 1.54) is 12.8 Å². The maximum absolute atomic E-state index is 13.1. The SMILES string of the molecule is CC(=O)NC12CC3CC(C1)CC([C@H](N)C(=O)N1CC[C@@H]4CC41)(C3)C2. The van der Waals surface area contributed by atoms with Crippen LogP contribution in [0, 0.1) is 23.2 Å². The minimum Gasteiger partial charge on any atom is -0.351 e. The van der Waals surface area contributed by atoms with E-state index in [9.17, 15) is 9.59 Å². The van der Waals surface area contributed by atoms with Crippen molar-refractivity contribution in [2.75, 3.05) is 6.54 Å².